The number of halogens is 7. The molecule has 0 aromatic heterocycles. The first kappa shape index (κ1) is 22.2. The number of hydrogen-bond acceptors (Lipinski definition) is 2. The lowest BCUT2D eigenvalue weighted by atomic mass is 9.93. The number of hydrazine groups is 1. The van der Waals surface area contributed by atoms with Gasteiger partial charge in [0, 0.05) is 10.6 Å². The monoisotopic (exact) mass is 448 g/mol. The van der Waals surface area contributed by atoms with E-state index < -0.39 is 46.6 Å². The van der Waals surface area contributed by atoms with Gasteiger partial charge in [0.25, 0.3) is 5.91 Å². The van der Waals surface area contributed by atoms with Crippen molar-refractivity contribution in [1.29, 1.82) is 0 Å². The topological polar surface area (TPSA) is 46.3 Å². The summed E-state index contributed by atoms with van der Waals surface area (Å²) in [7, 11) is 0. The Morgan fingerprint density at radius 2 is 1.83 bits per heavy atom. The van der Waals surface area contributed by atoms with Gasteiger partial charge in [0.2, 0.25) is 0 Å². The average Bonchev–Trinajstić information content (AvgIpc) is 2.83. The molecule has 0 fully saturated rings. The molecule has 1 unspecified atom stereocenters. The first-order chi connectivity index (χ1) is 13.7. The van der Waals surface area contributed by atoms with Crippen molar-refractivity contribution < 1.29 is 31.1 Å². The number of nitrogens with zero attached hydrogens (tertiary/aromatic N) is 1. The van der Waals surface area contributed by atoms with E-state index in [1.165, 1.54) is 6.07 Å². The highest BCUT2D eigenvalue weighted by molar-refractivity contribution is 6.31. The van der Waals surface area contributed by atoms with Gasteiger partial charge in [-0.25, -0.2) is 15.2 Å². The summed E-state index contributed by atoms with van der Waals surface area (Å²) in [5.74, 6) is 0.128. The number of amides is 1. The zero-order chi connectivity index (χ0) is 22.6. The first-order valence-corrected chi connectivity index (χ1v) is 8.95. The molecule has 2 N–H and O–H groups in total. The van der Waals surface area contributed by atoms with Crippen molar-refractivity contribution >= 4 is 23.3 Å². The van der Waals surface area contributed by atoms with Crippen LogP contribution < -0.4 is 5.84 Å². The lowest BCUT2D eigenvalue weighted by molar-refractivity contribution is -0.139. The number of hydrogen-bond donors (Lipinski definition) is 1. The number of benzene rings is 2. The molecule has 2 aromatic rings. The number of alkyl halides is 5. The summed E-state index contributed by atoms with van der Waals surface area (Å²) in [6, 6.07) is 0.883. The van der Waals surface area contributed by atoms with Gasteiger partial charge in [0.05, 0.1) is 11.1 Å². The second-order valence-corrected chi connectivity index (χ2v) is 7.36. The molecule has 1 aliphatic rings. The van der Waals surface area contributed by atoms with Crippen LogP contribution in [0.4, 0.5) is 26.3 Å². The summed E-state index contributed by atoms with van der Waals surface area (Å²) < 4.78 is 83.9. The van der Waals surface area contributed by atoms with E-state index in [0.717, 1.165) is 18.2 Å². The van der Waals surface area contributed by atoms with E-state index >= 15 is 0 Å². The second-order valence-electron chi connectivity index (χ2n) is 6.96. The summed E-state index contributed by atoms with van der Waals surface area (Å²) in [5.41, 5.74) is -1.09. The van der Waals surface area contributed by atoms with Crippen LogP contribution in [0, 0.1) is 13.8 Å². The van der Waals surface area contributed by atoms with E-state index in [0.29, 0.717) is 17.2 Å². The van der Waals surface area contributed by atoms with Gasteiger partial charge >= 0.3 is 12.2 Å². The van der Waals surface area contributed by atoms with Gasteiger partial charge in [-0.2, -0.15) is 22.0 Å². The fourth-order valence-electron chi connectivity index (χ4n) is 3.16. The number of fused-ring (bicyclic) bond motifs is 1. The summed E-state index contributed by atoms with van der Waals surface area (Å²) in [5, 5.41) is -0.217. The standard InChI is InChI=1S/C20H15ClF6N2O/c1-9-5-12(7-16(21)10(9)2)14(19(23,24)25)8-17(22)11-3-4-13-15(6-11)20(26,27)29(28)18(13)30/h3-8,14H,28H2,1-2H3/b17-8-. The molecular weight excluding hydrogens is 434 g/mol. The SMILES string of the molecule is Cc1cc(C(/C=C(\F)c2ccc3c(c2)C(F)(F)N(N)C3=O)C(F)(F)F)cc(Cl)c1C. The van der Waals surface area contributed by atoms with Crippen molar-refractivity contribution in [3.8, 4) is 0 Å². The Labute approximate surface area is 172 Å². The third-order valence-corrected chi connectivity index (χ3v) is 5.41. The molecule has 160 valence electrons. The van der Waals surface area contributed by atoms with E-state index in [1.54, 1.807) is 13.8 Å². The maximum atomic E-state index is 14.7. The summed E-state index contributed by atoms with van der Waals surface area (Å²) in [6.07, 6.45) is -4.58. The molecule has 30 heavy (non-hydrogen) atoms. The zero-order valence-corrected chi connectivity index (χ0v) is 16.4. The molecule has 0 spiro atoms. The van der Waals surface area contributed by atoms with E-state index in [4.69, 9.17) is 17.4 Å². The molecule has 10 heteroatoms. The smallest absolute Gasteiger partial charge is 0.267 e. The Bertz CT molecular complexity index is 1040. The van der Waals surface area contributed by atoms with Crippen molar-refractivity contribution in [3.05, 3.63) is 74.8 Å². The minimum atomic E-state index is -4.87. The van der Waals surface area contributed by atoms with Gasteiger partial charge in [-0.15, -0.1) is 0 Å². The second kappa shape index (κ2) is 7.31. The van der Waals surface area contributed by atoms with Gasteiger partial charge in [-0.3, -0.25) is 4.79 Å². The fraction of sp³-hybridized carbons (Fsp3) is 0.250. The van der Waals surface area contributed by atoms with Crippen LogP contribution in [-0.2, 0) is 6.05 Å². The molecule has 3 rings (SSSR count). The normalized spacial score (nSPS) is 17.3. The van der Waals surface area contributed by atoms with Gasteiger partial charge in [-0.05, 0) is 54.8 Å². The quantitative estimate of drug-likeness (QED) is 0.271. The molecule has 2 aromatic carbocycles. The molecule has 1 heterocycles. The molecule has 0 bridgehead atoms. The lowest BCUT2D eigenvalue weighted by Gasteiger charge is -2.20. The maximum Gasteiger partial charge on any atom is 0.399 e. The number of rotatable bonds is 3. The van der Waals surface area contributed by atoms with E-state index in [-0.39, 0.29) is 21.7 Å². The van der Waals surface area contributed by atoms with Crippen LogP contribution >= 0.6 is 11.6 Å². The predicted octanol–water partition coefficient (Wildman–Crippen LogP) is 5.99. The van der Waals surface area contributed by atoms with Crippen LogP contribution in [-0.4, -0.2) is 17.1 Å². The Hall–Kier alpha value is -2.52. The Kier molecular flexibility index (Phi) is 5.41. The molecule has 3 nitrogen and oxygen atoms in total. The molecule has 1 aliphatic heterocycles. The van der Waals surface area contributed by atoms with Crippen molar-refractivity contribution in [1.82, 2.24) is 5.01 Å². The molecule has 1 atom stereocenters. The number of nitrogens with two attached hydrogens (primary N) is 1. The molecular formula is C20H15ClF6N2O. The third kappa shape index (κ3) is 3.67. The molecule has 0 aliphatic carbocycles. The van der Waals surface area contributed by atoms with Crippen LogP contribution in [0.2, 0.25) is 5.02 Å². The Morgan fingerprint density at radius 1 is 1.20 bits per heavy atom. The zero-order valence-electron chi connectivity index (χ0n) is 15.6. The predicted molar refractivity (Wildman–Crippen MR) is 99.5 cm³/mol. The van der Waals surface area contributed by atoms with Crippen LogP contribution in [0.25, 0.3) is 5.83 Å². The molecule has 1 amide bonds. The summed E-state index contributed by atoms with van der Waals surface area (Å²) in [4.78, 5) is 11.7. The third-order valence-electron chi connectivity index (χ3n) is 5.02. The number of aryl methyl sites for hydroxylation is 1. The summed E-state index contributed by atoms with van der Waals surface area (Å²) >= 11 is 5.98. The summed E-state index contributed by atoms with van der Waals surface area (Å²) in [6.45, 7) is 3.20. The van der Waals surface area contributed by atoms with Crippen LogP contribution in [0.15, 0.2) is 36.4 Å². The van der Waals surface area contributed by atoms with Crippen molar-refractivity contribution in [2.24, 2.45) is 5.84 Å². The Balaban J connectivity index is 2.09. The first-order valence-electron chi connectivity index (χ1n) is 8.57. The van der Waals surface area contributed by atoms with Gasteiger partial charge < -0.3 is 0 Å². The minimum absolute atomic E-state index is 0.0896. The fourth-order valence-corrected chi connectivity index (χ4v) is 3.43. The largest absolute Gasteiger partial charge is 0.399 e. The highest BCUT2D eigenvalue weighted by Gasteiger charge is 2.50. The van der Waals surface area contributed by atoms with Gasteiger partial charge in [0.1, 0.15) is 11.7 Å². The van der Waals surface area contributed by atoms with Gasteiger partial charge in [0.15, 0.2) is 0 Å². The highest BCUT2D eigenvalue weighted by atomic mass is 35.5. The van der Waals surface area contributed by atoms with Crippen LogP contribution in [0.5, 0.6) is 0 Å². The van der Waals surface area contributed by atoms with Crippen LogP contribution in [0.1, 0.15) is 44.1 Å². The van der Waals surface area contributed by atoms with E-state index in [1.807, 2.05) is 0 Å². The van der Waals surface area contributed by atoms with Crippen molar-refractivity contribution in [2.45, 2.75) is 32.0 Å². The minimum Gasteiger partial charge on any atom is -0.267 e. The van der Waals surface area contributed by atoms with Crippen LogP contribution in [0.3, 0.4) is 0 Å². The highest BCUT2D eigenvalue weighted by Crippen LogP contribution is 2.43. The molecule has 0 saturated carbocycles. The molecule has 0 saturated heterocycles. The van der Waals surface area contributed by atoms with Gasteiger partial charge in [-0.1, -0.05) is 23.7 Å². The number of carbonyl (C=O) groups excluding carboxylic acids is 1. The lowest BCUT2D eigenvalue weighted by Crippen LogP contribution is -2.42. The average molecular weight is 449 g/mol. The number of carbonyl (C=O) groups is 1. The Morgan fingerprint density at radius 3 is 2.40 bits per heavy atom. The van der Waals surface area contributed by atoms with Crippen molar-refractivity contribution in [2.75, 3.05) is 0 Å². The van der Waals surface area contributed by atoms with Crippen molar-refractivity contribution in [3.63, 3.8) is 0 Å². The maximum absolute atomic E-state index is 14.7. The van der Waals surface area contributed by atoms with E-state index in [9.17, 15) is 31.1 Å². The van der Waals surface area contributed by atoms with E-state index in [2.05, 4.69) is 0 Å². The molecule has 0 radical (unpaired) electrons. The number of allylic oxidation sites excluding steroid dienone is 1.